The number of amides is 2. The van der Waals surface area contributed by atoms with E-state index in [4.69, 9.17) is 0 Å². The molecule has 7 heteroatoms. The van der Waals surface area contributed by atoms with E-state index in [9.17, 15) is 9.59 Å². The lowest BCUT2D eigenvalue weighted by atomic mass is 10.2. The molecule has 32 heavy (non-hydrogen) atoms. The summed E-state index contributed by atoms with van der Waals surface area (Å²) in [6.07, 6.45) is 1.29. The van der Waals surface area contributed by atoms with Crippen LogP contribution in [0.2, 0.25) is 0 Å². The fraction of sp³-hybridized carbons (Fsp3) is 0.440. The third-order valence-electron chi connectivity index (χ3n) is 6.06. The largest absolute Gasteiger partial charge is 0.356 e. The number of rotatable bonds is 9. The molecule has 1 fully saturated rings. The van der Waals surface area contributed by atoms with Crippen LogP contribution in [0, 0.1) is 0 Å². The van der Waals surface area contributed by atoms with Crippen molar-refractivity contribution >= 4 is 29.3 Å². The Balaban J connectivity index is 1.10. The molecule has 0 radical (unpaired) electrons. The third kappa shape index (κ3) is 6.34. The molecule has 2 aliphatic heterocycles. The normalized spacial score (nSPS) is 17.2. The van der Waals surface area contributed by atoms with E-state index in [-0.39, 0.29) is 11.8 Å². The zero-order valence-corrected chi connectivity index (χ0v) is 19.4. The Morgan fingerprint density at radius 2 is 1.62 bits per heavy atom. The van der Waals surface area contributed by atoms with E-state index < -0.39 is 0 Å². The second-order valence-electron chi connectivity index (χ2n) is 8.36. The summed E-state index contributed by atoms with van der Waals surface area (Å²) in [6, 6.07) is 18.5. The van der Waals surface area contributed by atoms with E-state index >= 15 is 0 Å². The Kier molecular flexibility index (Phi) is 8.20. The molecule has 0 spiro atoms. The maximum absolute atomic E-state index is 12.3. The minimum atomic E-state index is 0.0150. The molecule has 0 saturated carbocycles. The van der Waals surface area contributed by atoms with E-state index in [1.807, 2.05) is 24.3 Å². The average Bonchev–Trinajstić information content (AvgIpc) is 2.83. The Labute approximate surface area is 194 Å². The zero-order chi connectivity index (χ0) is 22.2. The summed E-state index contributed by atoms with van der Waals surface area (Å²) >= 11 is 1.57. The van der Waals surface area contributed by atoms with Gasteiger partial charge in [0.05, 0.1) is 11.4 Å². The van der Waals surface area contributed by atoms with Crippen molar-refractivity contribution in [2.75, 3.05) is 56.5 Å². The number of benzene rings is 2. The van der Waals surface area contributed by atoms with E-state index in [0.717, 1.165) is 56.3 Å². The molecule has 2 amide bonds. The first-order valence-electron chi connectivity index (χ1n) is 11.5. The number of piperazine rings is 1. The molecule has 2 aliphatic rings. The van der Waals surface area contributed by atoms with Crippen molar-refractivity contribution in [1.82, 2.24) is 15.1 Å². The van der Waals surface area contributed by atoms with Gasteiger partial charge >= 0.3 is 0 Å². The molecule has 0 atom stereocenters. The summed E-state index contributed by atoms with van der Waals surface area (Å²) in [5, 5.41) is 3.02. The number of thioether (sulfide) groups is 1. The van der Waals surface area contributed by atoms with Gasteiger partial charge in [0.15, 0.2) is 0 Å². The van der Waals surface area contributed by atoms with Crippen LogP contribution in [-0.4, -0.2) is 73.2 Å². The first-order valence-corrected chi connectivity index (χ1v) is 12.4. The van der Waals surface area contributed by atoms with Crippen LogP contribution in [0.15, 0.2) is 59.5 Å². The number of anilines is 1. The van der Waals surface area contributed by atoms with Gasteiger partial charge in [-0.1, -0.05) is 42.5 Å². The van der Waals surface area contributed by atoms with Gasteiger partial charge in [-0.3, -0.25) is 14.5 Å². The van der Waals surface area contributed by atoms with Crippen LogP contribution in [0.3, 0.4) is 0 Å². The highest BCUT2D eigenvalue weighted by Crippen LogP contribution is 2.34. The number of fused-ring (bicyclic) bond motifs is 1. The van der Waals surface area contributed by atoms with Crippen LogP contribution in [0.4, 0.5) is 5.69 Å². The maximum atomic E-state index is 12.3. The van der Waals surface area contributed by atoms with Crippen molar-refractivity contribution in [1.29, 1.82) is 0 Å². The number of nitrogens with zero attached hydrogens (tertiary/aromatic N) is 3. The van der Waals surface area contributed by atoms with Crippen LogP contribution < -0.4 is 10.2 Å². The molecule has 1 N–H and O–H groups in total. The van der Waals surface area contributed by atoms with Crippen LogP contribution >= 0.6 is 11.8 Å². The molecule has 4 rings (SSSR count). The lowest BCUT2D eigenvalue weighted by Gasteiger charge is -2.34. The molecular weight excluding hydrogens is 420 g/mol. The summed E-state index contributed by atoms with van der Waals surface area (Å²) in [4.78, 5) is 32.4. The fourth-order valence-corrected chi connectivity index (χ4v) is 5.18. The minimum absolute atomic E-state index is 0.0150. The number of hydrogen-bond donors (Lipinski definition) is 1. The molecule has 1 saturated heterocycles. The van der Waals surface area contributed by atoms with E-state index in [1.54, 1.807) is 16.7 Å². The predicted molar refractivity (Wildman–Crippen MR) is 130 cm³/mol. The quantitative estimate of drug-likeness (QED) is 0.593. The summed E-state index contributed by atoms with van der Waals surface area (Å²) < 4.78 is 0. The molecule has 2 heterocycles. The van der Waals surface area contributed by atoms with Crippen LogP contribution in [0.1, 0.15) is 18.4 Å². The van der Waals surface area contributed by atoms with Gasteiger partial charge in [-0.2, -0.15) is 0 Å². The first kappa shape index (κ1) is 22.8. The molecule has 0 aromatic heterocycles. The summed E-state index contributed by atoms with van der Waals surface area (Å²) in [5.41, 5.74) is 2.30. The van der Waals surface area contributed by atoms with Crippen molar-refractivity contribution in [3.8, 4) is 0 Å². The Hall–Kier alpha value is -2.35. The van der Waals surface area contributed by atoms with Gasteiger partial charge in [0.2, 0.25) is 11.8 Å². The van der Waals surface area contributed by atoms with Gasteiger partial charge in [-0.15, -0.1) is 11.8 Å². The van der Waals surface area contributed by atoms with Crippen LogP contribution in [0.5, 0.6) is 0 Å². The Morgan fingerprint density at radius 1 is 0.906 bits per heavy atom. The van der Waals surface area contributed by atoms with Gasteiger partial charge in [0, 0.05) is 57.1 Å². The number of nitrogens with one attached hydrogen (secondary N) is 1. The van der Waals surface area contributed by atoms with E-state index in [0.29, 0.717) is 25.3 Å². The minimum Gasteiger partial charge on any atom is -0.356 e. The molecule has 0 unspecified atom stereocenters. The van der Waals surface area contributed by atoms with Crippen molar-refractivity contribution in [3.05, 3.63) is 60.2 Å². The van der Waals surface area contributed by atoms with Gasteiger partial charge in [0.25, 0.3) is 0 Å². The lowest BCUT2D eigenvalue weighted by Crippen LogP contribution is -2.46. The van der Waals surface area contributed by atoms with Gasteiger partial charge in [-0.25, -0.2) is 0 Å². The standard InChI is InChI=1S/C25H32N4O2S/c30-24(11-14-29-22-9-4-5-10-23(22)32-20-25(29)31)26-12-6-13-27-15-17-28(18-16-27)19-21-7-2-1-3-8-21/h1-5,7-10H,6,11-20H2,(H,26,30). The fourth-order valence-electron chi connectivity index (χ4n) is 4.24. The lowest BCUT2D eigenvalue weighted by molar-refractivity contribution is -0.121. The topological polar surface area (TPSA) is 55.9 Å². The van der Waals surface area contributed by atoms with Crippen molar-refractivity contribution in [3.63, 3.8) is 0 Å². The van der Waals surface area contributed by atoms with Gasteiger partial charge in [-0.05, 0) is 30.7 Å². The van der Waals surface area contributed by atoms with Gasteiger partial charge in [0.1, 0.15) is 0 Å². The smallest absolute Gasteiger partial charge is 0.237 e. The third-order valence-corrected chi connectivity index (χ3v) is 7.11. The van der Waals surface area contributed by atoms with E-state index in [1.165, 1.54) is 5.56 Å². The summed E-state index contributed by atoms with van der Waals surface area (Å²) in [6.45, 7) is 7.48. The second kappa shape index (κ2) is 11.5. The molecular formula is C25H32N4O2S. The molecule has 6 nitrogen and oxygen atoms in total. The van der Waals surface area contributed by atoms with Crippen LogP contribution in [0.25, 0.3) is 0 Å². The number of para-hydroxylation sites is 1. The monoisotopic (exact) mass is 452 g/mol. The summed E-state index contributed by atoms with van der Waals surface area (Å²) in [7, 11) is 0. The zero-order valence-electron chi connectivity index (χ0n) is 18.5. The molecule has 170 valence electrons. The van der Waals surface area contributed by atoms with Crippen molar-refractivity contribution in [2.45, 2.75) is 24.3 Å². The highest BCUT2D eigenvalue weighted by Gasteiger charge is 2.24. The molecule has 2 aromatic carbocycles. The molecule has 2 aromatic rings. The maximum Gasteiger partial charge on any atom is 0.237 e. The number of hydrogen-bond acceptors (Lipinski definition) is 5. The summed E-state index contributed by atoms with van der Waals surface area (Å²) in [5.74, 6) is 0.533. The first-order chi connectivity index (χ1) is 15.7. The molecule has 0 bridgehead atoms. The van der Waals surface area contributed by atoms with E-state index in [2.05, 4.69) is 45.4 Å². The van der Waals surface area contributed by atoms with Crippen molar-refractivity contribution < 1.29 is 9.59 Å². The predicted octanol–water partition coefficient (Wildman–Crippen LogP) is 2.84. The van der Waals surface area contributed by atoms with Crippen LogP contribution in [-0.2, 0) is 16.1 Å². The highest BCUT2D eigenvalue weighted by molar-refractivity contribution is 8.00. The Morgan fingerprint density at radius 3 is 2.44 bits per heavy atom. The number of carbonyl (C=O) groups excluding carboxylic acids is 2. The Bertz CT molecular complexity index is 900. The van der Waals surface area contributed by atoms with Gasteiger partial charge < -0.3 is 15.1 Å². The van der Waals surface area contributed by atoms with Crippen molar-refractivity contribution in [2.24, 2.45) is 0 Å². The second-order valence-corrected chi connectivity index (χ2v) is 9.38. The SMILES string of the molecule is O=C(CCN1C(=O)CSc2ccccc21)NCCCN1CCN(Cc2ccccc2)CC1. The molecule has 0 aliphatic carbocycles. The average molecular weight is 453 g/mol. The highest BCUT2D eigenvalue weighted by atomic mass is 32.2. The number of carbonyl (C=O) groups is 2.